The van der Waals surface area contributed by atoms with Gasteiger partial charge in [-0.15, -0.1) is 0 Å². The molecule has 11 N–H and O–H groups in total. The van der Waals surface area contributed by atoms with Crippen LogP contribution in [0.25, 0.3) is 0 Å². The molecule has 8 atom stereocenters. The van der Waals surface area contributed by atoms with E-state index >= 15 is 0 Å². The molecule has 58 heavy (non-hydrogen) atoms. The van der Waals surface area contributed by atoms with E-state index in [4.69, 9.17) is 11.5 Å². The molecule has 1 aromatic rings. The first-order chi connectivity index (χ1) is 27.2. The Balaban J connectivity index is 2.32. The third-order valence-electron chi connectivity index (χ3n) is 9.92. The van der Waals surface area contributed by atoms with Crippen molar-refractivity contribution < 1.29 is 53.4 Å². The molecule has 0 radical (unpaired) electrons. The summed E-state index contributed by atoms with van der Waals surface area (Å²) in [5, 5.41) is 31.8. The topological polar surface area (TPSA) is 310 Å². The second-order valence-electron chi connectivity index (χ2n) is 15.2. The van der Waals surface area contributed by atoms with Crippen LogP contribution in [0.3, 0.4) is 0 Å². The molecule has 1 aromatic carbocycles. The fourth-order valence-corrected chi connectivity index (χ4v) is 6.42. The van der Waals surface area contributed by atoms with Crippen molar-refractivity contribution >= 4 is 53.3 Å². The SMILES string of the molecule is CC[C@H](C)[C@H](NC(=O)[C@@H]1CCCN1C(=O)[C@H](CCC(=O)O)NC(=O)[C@H](Cc1ccccc1)NC(=O)[C@H](C)NC(=O)[C@H](CCC(N)=O)NC(=O)[C@@H](N)CC(C)C)C(=O)O. The molecular weight excluding hydrogens is 756 g/mol. The summed E-state index contributed by atoms with van der Waals surface area (Å²) in [4.78, 5) is 117. The first-order valence-electron chi connectivity index (χ1n) is 19.6. The van der Waals surface area contributed by atoms with Crippen LogP contribution in [0.4, 0.5) is 0 Å². The highest BCUT2D eigenvalue weighted by atomic mass is 16.4. The van der Waals surface area contributed by atoms with Gasteiger partial charge >= 0.3 is 11.9 Å². The Kier molecular flexibility index (Phi) is 19.8. The molecule has 0 aromatic heterocycles. The van der Waals surface area contributed by atoms with Crippen molar-refractivity contribution in [3.8, 4) is 0 Å². The molecule has 0 saturated carbocycles. The molecule has 0 unspecified atom stereocenters. The molecular formula is C39H60N8O11. The number of carboxylic acids is 2. The zero-order chi connectivity index (χ0) is 43.7. The molecule has 1 saturated heterocycles. The smallest absolute Gasteiger partial charge is 0.326 e. The summed E-state index contributed by atoms with van der Waals surface area (Å²) in [5.41, 5.74) is 11.9. The highest BCUT2D eigenvalue weighted by molar-refractivity contribution is 5.97. The molecule has 1 fully saturated rings. The summed E-state index contributed by atoms with van der Waals surface area (Å²) in [7, 11) is 0. The maximum atomic E-state index is 14.0. The first-order valence-corrected chi connectivity index (χ1v) is 19.6. The Bertz CT molecular complexity index is 1630. The third-order valence-corrected chi connectivity index (χ3v) is 9.92. The molecule has 0 spiro atoms. The molecule has 0 aliphatic carbocycles. The van der Waals surface area contributed by atoms with E-state index in [1.54, 1.807) is 44.2 Å². The van der Waals surface area contributed by atoms with Crippen LogP contribution in [0.15, 0.2) is 30.3 Å². The molecule has 7 amide bonds. The number of nitrogens with zero attached hydrogens (tertiary/aromatic N) is 1. The average Bonchev–Trinajstić information content (AvgIpc) is 3.66. The predicted octanol–water partition coefficient (Wildman–Crippen LogP) is -0.702. The minimum atomic E-state index is -1.45. The second-order valence-corrected chi connectivity index (χ2v) is 15.2. The number of nitrogens with one attached hydrogen (secondary N) is 5. The van der Waals surface area contributed by atoms with E-state index in [2.05, 4.69) is 26.6 Å². The Morgan fingerprint density at radius 2 is 1.36 bits per heavy atom. The largest absolute Gasteiger partial charge is 0.481 e. The van der Waals surface area contributed by atoms with Crippen LogP contribution in [0.1, 0.15) is 91.5 Å². The summed E-state index contributed by atoms with van der Waals surface area (Å²) >= 11 is 0. The molecule has 19 nitrogen and oxygen atoms in total. The van der Waals surface area contributed by atoms with E-state index in [0.29, 0.717) is 24.8 Å². The van der Waals surface area contributed by atoms with Crippen molar-refractivity contribution in [2.75, 3.05) is 6.54 Å². The molecule has 322 valence electrons. The summed E-state index contributed by atoms with van der Waals surface area (Å²) in [5.74, 6) is -8.17. The van der Waals surface area contributed by atoms with Crippen molar-refractivity contribution in [1.29, 1.82) is 0 Å². The minimum absolute atomic E-state index is 0.0745. The standard InChI is InChI=1S/C39H60N8O11/c1-6-22(4)32(39(57)58)46-37(55)29-13-10-18-47(29)38(56)27(15-17-31(49)50)44-36(54)28(20-24-11-8-7-9-12-24)45-33(51)23(5)42-35(53)26(14-16-30(41)48)43-34(52)25(40)19-21(2)3/h7-9,11-12,21-23,25-29,32H,6,10,13-20,40H2,1-5H3,(H2,41,48)(H,42,53)(H,43,52)(H,44,54)(H,45,51)(H,46,55)(H,49,50)(H,57,58)/t22-,23-,25-,26-,27-,28-,29-,32-/m0/s1. The highest BCUT2D eigenvalue weighted by Crippen LogP contribution is 2.21. The van der Waals surface area contributed by atoms with Gasteiger partial charge in [-0.05, 0) is 56.4 Å². The quantitative estimate of drug-likeness (QED) is 0.0626. The van der Waals surface area contributed by atoms with Gasteiger partial charge in [0.05, 0.1) is 6.04 Å². The highest BCUT2D eigenvalue weighted by Gasteiger charge is 2.40. The van der Waals surface area contributed by atoms with E-state index < -0.39 is 108 Å². The van der Waals surface area contributed by atoms with E-state index in [9.17, 15) is 53.4 Å². The zero-order valence-corrected chi connectivity index (χ0v) is 33.8. The number of nitrogens with two attached hydrogens (primary N) is 2. The number of carbonyl (C=O) groups excluding carboxylic acids is 7. The van der Waals surface area contributed by atoms with Crippen molar-refractivity contribution in [2.24, 2.45) is 23.3 Å². The normalized spacial score (nSPS) is 17.4. The van der Waals surface area contributed by atoms with Gasteiger partial charge in [0.1, 0.15) is 36.3 Å². The van der Waals surface area contributed by atoms with Crippen LogP contribution < -0.4 is 38.1 Å². The number of hydrogen-bond acceptors (Lipinski definition) is 10. The fourth-order valence-electron chi connectivity index (χ4n) is 6.42. The lowest BCUT2D eigenvalue weighted by atomic mass is 9.98. The fraction of sp³-hybridized carbons (Fsp3) is 0.615. The number of aliphatic carboxylic acids is 2. The number of carbonyl (C=O) groups is 9. The molecule has 19 heteroatoms. The predicted molar refractivity (Wildman–Crippen MR) is 210 cm³/mol. The molecule has 1 aliphatic heterocycles. The van der Waals surface area contributed by atoms with Gasteiger partial charge in [-0.25, -0.2) is 4.79 Å². The van der Waals surface area contributed by atoms with Gasteiger partial charge in [0, 0.05) is 25.8 Å². The number of likely N-dealkylation sites (tertiary alicyclic amines) is 1. The summed E-state index contributed by atoms with van der Waals surface area (Å²) in [6.45, 7) is 8.59. The Hall–Kier alpha value is -5.59. The number of carboxylic acid groups (broad SMARTS) is 2. The van der Waals surface area contributed by atoms with Crippen LogP contribution in [0, 0.1) is 11.8 Å². The summed E-state index contributed by atoms with van der Waals surface area (Å²) in [6.07, 6.45) is -0.0634. The van der Waals surface area contributed by atoms with E-state index in [0.717, 1.165) is 0 Å². The summed E-state index contributed by atoms with van der Waals surface area (Å²) < 4.78 is 0. The van der Waals surface area contributed by atoms with E-state index in [-0.39, 0.29) is 44.6 Å². The minimum Gasteiger partial charge on any atom is -0.481 e. The van der Waals surface area contributed by atoms with Crippen molar-refractivity contribution in [2.45, 2.75) is 135 Å². The number of rotatable bonds is 24. The van der Waals surface area contributed by atoms with Gasteiger partial charge < -0.3 is 53.2 Å². The lowest BCUT2D eigenvalue weighted by Gasteiger charge is -2.31. The van der Waals surface area contributed by atoms with Crippen LogP contribution in [-0.4, -0.2) is 117 Å². The number of amides is 7. The van der Waals surface area contributed by atoms with Crippen molar-refractivity contribution in [3.63, 3.8) is 0 Å². The Morgan fingerprint density at radius 3 is 1.93 bits per heavy atom. The number of hydrogen-bond donors (Lipinski definition) is 9. The van der Waals surface area contributed by atoms with Crippen LogP contribution in [0.2, 0.25) is 0 Å². The van der Waals surface area contributed by atoms with Gasteiger partial charge in [0.25, 0.3) is 0 Å². The zero-order valence-electron chi connectivity index (χ0n) is 33.8. The van der Waals surface area contributed by atoms with E-state index in [1.165, 1.54) is 11.8 Å². The number of benzene rings is 1. The van der Waals surface area contributed by atoms with Crippen molar-refractivity contribution in [3.05, 3.63) is 35.9 Å². The Labute approximate surface area is 338 Å². The lowest BCUT2D eigenvalue weighted by Crippen LogP contribution is -2.60. The lowest BCUT2D eigenvalue weighted by molar-refractivity contribution is -0.146. The number of primary amides is 1. The third kappa shape index (κ3) is 15.7. The van der Waals surface area contributed by atoms with Gasteiger partial charge in [-0.3, -0.25) is 38.4 Å². The monoisotopic (exact) mass is 816 g/mol. The van der Waals surface area contributed by atoms with Gasteiger partial charge in [-0.2, -0.15) is 0 Å². The second kappa shape index (κ2) is 23.6. The molecule has 1 aliphatic rings. The molecule has 2 rings (SSSR count). The first kappa shape index (κ1) is 48.6. The maximum absolute atomic E-state index is 14.0. The van der Waals surface area contributed by atoms with Crippen LogP contribution in [0.5, 0.6) is 0 Å². The van der Waals surface area contributed by atoms with Crippen molar-refractivity contribution in [1.82, 2.24) is 31.5 Å². The maximum Gasteiger partial charge on any atom is 0.326 e. The molecule has 1 heterocycles. The van der Waals surface area contributed by atoms with Crippen LogP contribution in [-0.2, 0) is 49.6 Å². The molecule has 0 bridgehead atoms. The average molecular weight is 817 g/mol. The van der Waals surface area contributed by atoms with E-state index in [1.807, 2.05) is 13.8 Å². The van der Waals surface area contributed by atoms with Gasteiger partial charge in [0.2, 0.25) is 41.4 Å². The Morgan fingerprint density at radius 1 is 0.776 bits per heavy atom. The van der Waals surface area contributed by atoms with Gasteiger partial charge in [-0.1, -0.05) is 64.4 Å². The summed E-state index contributed by atoms with van der Waals surface area (Å²) in [6, 6.07) is -0.0847. The van der Waals surface area contributed by atoms with Crippen LogP contribution >= 0.6 is 0 Å². The van der Waals surface area contributed by atoms with Gasteiger partial charge in [0.15, 0.2) is 0 Å².